The Bertz CT molecular complexity index is 6300. The van der Waals surface area contributed by atoms with Crippen molar-refractivity contribution in [1.29, 1.82) is 10.5 Å². The number of hydrogen-bond donors (Lipinski definition) is 0. The Morgan fingerprint density at radius 3 is 1.21 bits per heavy atom. The maximum absolute atomic E-state index is 9.60. The van der Waals surface area contributed by atoms with Crippen LogP contribution in [0.3, 0.4) is 0 Å². The zero-order valence-corrected chi connectivity index (χ0v) is 77.4. The van der Waals surface area contributed by atoms with Gasteiger partial charge in [-0.1, -0.05) is 172 Å². The van der Waals surface area contributed by atoms with Crippen LogP contribution >= 0.6 is 0 Å². The van der Waals surface area contributed by atoms with Crippen LogP contribution < -0.4 is 0 Å². The number of hydrogen-bond acceptors (Lipinski definition) is 10. The van der Waals surface area contributed by atoms with Gasteiger partial charge in [0.25, 0.3) is 0 Å². The molecular weight excluding hydrogens is 2180 g/mol. The SMILES string of the molecule is Cc1cc(C)c(-n2c(-c3[c-]cccc3)nnc2-c2ccccc2C#N)c(C)c1.Cc1ccccc1-c1nnc(-c2[c-]cc(C#N)cc2)n1-c1c(C(C)C)cccc1C(C)C.[C-]#[N+]c1cc(C)c(-c2nnc(-c3[c-]cccc3)n2-c2ccccc2)c(C)c1.[C-]#[N+]c1ccc(C)c(-c2nnc(-c3[c-]cccc3)n2-c2c(C)cccc2C)c1.[Ir].[Ir].[Ir].[Ir]. The van der Waals surface area contributed by atoms with E-state index in [4.69, 9.17) is 13.1 Å². The number of rotatable bonds is 14. The standard InChI is InChI=1S/C28H27N4.2C24H19N4.C23H17N4.4Ir/c1-18(2)23-11-8-12-24(19(3)4)26(23)32-27(22-15-13-21(17-29)14-16-22)30-31-28(32)25-10-7-6-9-20(25)5;1-16-13-14-20(25-4)15-21(16)24-27-26-23(19-11-6-5-7-12-19)28(24)22-17(2)9-8-10-18(22)3;1-16-13-17(2)22(18(3)14-16)28-23(19-9-5-4-6-10-19)26-27-24(28)21-12-8-7-11-20(21)15-25;1-16-14-19(24-3)15-17(2)21(16)23-26-25-22(18-10-6-4-7-11-18)27(23)20-12-8-5-9-13-20;;;;/h6-15,18-19H,1-5H3;5-11,13-15H,1-3H3;4-9,11-14H,1-3H3;4-10,12-15H,1-2H3;;;;/q4*-1;;;;. The zero-order chi connectivity index (χ0) is 81.0. The normalized spacial score (nSPS) is 10.4. The first-order valence-corrected chi connectivity index (χ1v) is 37.8. The van der Waals surface area contributed by atoms with Crippen molar-refractivity contribution >= 4 is 11.4 Å². The summed E-state index contributed by atoms with van der Waals surface area (Å²) in [6.07, 6.45) is 0. The van der Waals surface area contributed by atoms with E-state index in [1.54, 1.807) is 18.2 Å². The summed E-state index contributed by atoms with van der Waals surface area (Å²) in [6, 6.07) is 98.5. The maximum atomic E-state index is 9.60. The minimum Gasteiger partial charge on any atom is -0.316 e. The molecular formula is C99H82Ir4N16-4. The van der Waals surface area contributed by atoms with E-state index in [9.17, 15) is 10.5 Å². The van der Waals surface area contributed by atoms with Crippen LogP contribution in [-0.2, 0) is 80.4 Å². The monoisotopic (exact) mass is 2270 g/mol. The van der Waals surface area contributed by atoms with Crippen molar-refractivity contribution in [2.45, 2.75) is 102 Å². The Hall–Kier alpha value is -12.2. The average Bonchev–Trinajstić information content (AvgIpc) is 1.70. The first-order chi connectivity index (χ1) is 55.8. The van der Waals surface area contributed by atoms with Gasteiger partial charge in [-0.15, -0.1) is 158 Å². The Labute approximate surface area is 750 Å². The van der Waals surface area contributed by atoms with Crippen LogP contribution in [0.15, 0.2) is 249 Å². The first kappa shape index (κ1) is 90.7. The third-order valence-electron chi connectivity index (χ3n) is 19.9. The molecule has 4 heterocycles. The molecule has 0 aliphatic carbocycles. The van der Waals surface area contributed by atoms with E-state index in [0.717, 1.165) is 147 Å². The fourth-order valence-electron chi connectivity index (χ4n) is 14.5. The van der Waals surface area contributed by atoms with Crippen LogP contribution in [0.1, 0.15) is 112 Å². The van der Waals surface area contributed by atoms with Gasteiger partial charge in [0.1, 0.15) is 0 Å². The summed E-state index contributed by atoms with van der Waals surface area (Å²) in [5, 5.41) is 55.2. The second-order valence-corrected chi connectivity index (χ2v) is 28.7. The van der Waals surface area contributed by atoms with Gasteiger partial charge in [-0.25, -0.2) is 15.0 Å². The third-order valence-corrected chi connectivity index (χ3v) is 19.9. The van der Waals surface area contributed by atoms with Gasteiger partial charge in [-0.3, -0.25) is 0 Å². The van der Waals surface area contributed by atoms with E-state index >= 15 is 0 Å². The second-order valence-electron chi connectivity index (χ2n) is 28.7. The average molecular weight is 2260 g/mol. The first-order valence-electron chi connectivity index (χ1n) is 37.8. The molecule has 0 fully saturated rings. The van der Waals surface area contributed by atoms with Crippen molar-refractivity contribution in [3.8, 4) is 126 Å². The molecule has 0 unspecified atom stereocenters. The fourth-order valence-corrected chi connectivity index (χ4v) is 14.5. The molecule has 0 saturated heterocycles. The van der Waals surface area contributed by atoms with Crippen LogP contribution in [0, 0.1) is 122 Å². The van der Waals surface area contributed by atoms with E-state index in [-0.39, 0.29) is 80.4 Å². The minimum atomic E-state index is 0. The smallest absolute Gasteiger partial charge is 0.187 e. The molecule has 0 atom stereocenters. The third kappa shape index (κ3) is 19.6. The number of nitriles is 2. The Morgan fingerprint density at radius 2 is 0.739 bits per heavy atom. The van der Waals surface area contributed by atoms with Gasteiger partial charge in [-0.05, 0) is 155 Å². The van der Waals surface area contributed by atoms with Crippen molar-refractivity contribution in [3.63, 3.8) is 0 Å². The molecule has 16 nitrogen and oxygen atoms in total. The Morgan fingerprint density at radius 1 is 0.328 bits per heavy atom. The molecule has 0 amide bonds. The van der Waals surface area contributed by atoms with Gasteiger partial charge in [0.05, 0.1) is 48.1 Å². The minimum absolute atomic E-state index is 0. The fraction of sp³-hybridized carbons (Fsp3) is 0.152. The number of nitrogens with zero attached hydrogens (tertiary/aromatic N) is 16. The molecule has 16 aromatic rings. The molecule has 0 saturated carbocycles. The van der Waals surface area contributed by atoms with Gasteiger partial charge in [0, 0.05) is 131 Å². The van der Waals surface area contributed by atoms with Crippen LogP contribution in [0.25, 0.3) is 124 Å². The summed E-state index contributed by atoms with van der Waals surface area (Å²) in [4.78, 5) is 7.15. The van der Waals surface area contributed by atoms with Gasteiger partial charge in [0.15, 0.2) is 34.7 Å². The van der Waals surface area contributed by atoms with Gasteiger partial charge in [-0.2, -0.15) is 25.7 Å². The van der Waals surface area contributed by atoms with Crippen molar-refractivity contribution < 1.29 is 80.4 Å². The van der Waals surface area contributed by atoms with Crippen molar-refractivity contribution in [2.75, 3.05) is 0 Å². The van der Waals surface area contributed by atoms with Gasteiger partial charge < -0.3 is 18.3 Å². The summed E-state index contributed by atoms with van der Waals surface area (Å²) in [5.74, 6) is 6.52. The largest absolute Gasteiger partial charge is 0.316 e. The summed E-state index contributed by atoms with van der Waals surface area (Å²) in [6.45, 7) is 42.1. The van der Waals surface area contributed by atoms with Gasteiger partial charge >= 0.3 is 0 Å². The van der Waals surface area contributed by atoms with Gasteiger partial charge in [0.2, 0.25) is 0 Å². The topological polar surface area (TPSA) is 179 Å². The van der Waals surface area contributed by atoms with Crippen molar-refractivity contribution in [3.05, 3.63) is 368 Å². The number of benzene rings is 12. The van der Waals surface area contributed by atoms with E-state index < -0.39 is 0 Å². The van der Waals surface area contributed by atoms with Crippen LogP contribution in [-0.4, -0.2) is 59.1 Å². The molecule has 598 valence electrons. The van der Waals surface area contributed by atoms with Crippen LogP contribution in [0.4, 0.5) is 11.4 Å². The summed E-state index contributed by atoms with van der Waals surface area (Å²) in [7, 11) is 0. The quantitative estimate of drug-likeness (QED) is 0.0951. The molecule has 0 aliphatic rings. The molecule has 0 aliphatic heterocycles. The maximum Gasteiger partial charge on any atom is 0.187 e. The molecule has 119 heavy (non-hydrogen) atoms. The number of aromatic nitrogens is 12. The molecule has 4 aromatic heterocycles. The van der Waals surface area contributed by atoms with E-state index in [2.05, 4.69) is 230 Å². The van der Waals surface area contributed by atoms with E-state index in [1.807, 2.05) is 195 Å². The van der Waals surface area contributed by atoms with Crippen LogP contribution in [0.5, 0.6) is 0 Å². The summed E-state index contributed by atoms with van der Waals surface area (Å²) >= 11 is 0. The van der Waals surface area contributed by atoms with E-state index in [1.165, 1.54) is 16.7 Å². The number of aryl methyl sites for hydroxylation is 9. The molecule has 12 aromatic carbocycles. The Kier molecular flexibility index (Phi) is 31.4. The predicted molar refractivity (Wildman–Crippen MR) is 457 cm³/mol. The predicted octanol–water partition coefficient (Wildman–Crippen LogP) is 23.5. The molecule has 0 N–H and O–H groups in total. The molecule has 0 spiro atoms. The number of para-hydroxylation sites is 3. The molecule has 4 radical (unpaired) electrons. The molecule has 20 heteroatoms. The molecule has 0 bridgehead atoms. The Balaban J connectivity index is 0.000000179. The van der Waals surface area contributed by atoms with Crippen LogP contribution in [0.2, 0.25) is 0 Å². The summed E-state index contributed by atoms with van der Waals surface area (Å²) in [5.41, 5.74) is 26.2. The van der Waals surface area contributed by atoms with Crippen molar-refractivity contribution in [2.24, 2.45) is 0 Å². The second kappa shape index (κ2) is 41.2. The molecule has 16 rings (SSSR count). The van der Waals surface area contributed by atoms with Crippen molar-refractivity contribution in [1.82, 2.24) is 59.1 Å². The summed E-state index contributed by atoms with van der Waals surface area (Å²) < 4.78 is 8.38. The zero-order valence-electron chi connectivity index (χ0n) is 67.8. The van der Waals surface area contributed by atoms with E-state index in [0.29, 0.717) is 46.0 Å².